The highest BCUT2D eigenvalue weighted by atomic mass is 32.2. The maximum absolute atomic E-state index is 12.3. The lowest BCUT2D eigenvalue weighted by molar-refractivity contribution is 0.0965. The van der Waals surface area contributed by atoms with Crippen LogP contribution in [0.4, 0.5) is 0 Å². The first kappa shape index (κ1) is 17.8. The van der Waals surface area contributed by atoms with Gasteiger partial charge in [0.2, 0.25) is 0 Å². The number of carbonyl (C=O) groups excluding carboxylic acids is 1. The summed E-state index contributed by atoms with van der Waals surface area (Å²) in [7, 11) is 0. The molecule has 0 aromatic heterocycles. The molecule has 0 saturated carbocycles. The lowest BCUT2D eigenvalue weighted by Gasteiger charge is -2.31. The van der Waals surface area contributed by atoms with Gasteiger partial charge in [0.05, 0.1) is 5.25 Å². The van der Waals surface area contributed by atoms with Gasteiger partial charge in [-0.05, 0) is 45.9 Å². The molecule has 124 valence electrons. The van der Waals surface area contributed by atoms with Crippen LogP contribution < -0.4 is 5.32 Å². The summed E-state index contributed by atoms with van der Waals surface area (Å²) < 4.78 is 0. The molecule has 23 heavy (non-hydrogen) atoms. The number of rotatable bonds is 7. The normalized spacial score (nSPS) is 17.2. The van der Waals surface area contributed by atoms with E-state index in [0.29, 0.717) is 17.6 Å². The molecule has 3 nitrogen and oxygen atoms in total. The molecule has 0 aliphatic heterocycles. The zero-order chi connectivity index (χ0) is 16.8. The Bertz CT molecular complexity index is 570. The first-order chi connectivity index (χ1) is 11.0. The second kappa shape index (κ2) is 8.37. The highest BCUT2D eigenvalue weighted by Gasteiger charge is 2.21. The van der Waals surface area contributed by atoms with Crippen LogP contribution in [-0.2, 0) is 0 Å². The first-order valence-electron chi connectivity index (χ1n) is 8.11. The van der Waals surface area contributed by atoms with Gasteiger partial charge in [0, 0.05) is 29.2 Å². The van der Waals surface area contributed by atoms with Crippen LogP contribution in [0.5, 0.6) is 0 Å². The first-order valence-corrected chi connectivity index (χ1v) is 9.16. The van der Waals surface area contributed by atoms with Gasteiger partial charge in [-0.15, -0.1) is 11.8 Å². The zero-order valence-corrected chi connectivity index (χ0v) is 15.1. The molecule has 1 aliphatic rings. The van der Waals surface area contributed by atoms with Gasteiger partial charge in [-0.2, -0.15) is 0 Å². The number of nitrogens with zero attached hydrogens (tertiary/aromatic N) is 1. The Morgan fingerprint density at radius 3 is 2.43 bits per heavy atom. The standard InChI is InChI=1S/C19H26N2OS/c1-14(2)21(15(3)4)13-23-18-12-8-11-17(18)20-19(22)16-9-6-5-7-10-16/h5-12,14-15,18H,13H2,1-4H3,(H,20,22). The molecule has 0 spiro atoms. The molecule has 4 heteroatoms. The molecule has 1 aromatic carbocycles. The van der Waals surface area contributed by atoms with Crippen molar-refractivity contribution in [1.82, 2.24) is 10.2 Å². The molecule has 0 fully saturated rings. The molecule has 1 aromatic rings. The van der Waals surface area contributed by atoms with E-state index in [9.17, 15) is 4.79 Å². The van der Waals surface area contributed by atoms with Gasteiger partial charge in [0.25, 0.3) is 5.91 Å². The average molecular weight is 330 g/mol. The number of hydrogen-bond donors (Lipinski definition) is 1. The number of thioether (sulfide) groups is 1. The second-order valence-electron chi connectivity index (χ2n) is 6.25. The molecule has 1 aliphatic carbocycles. The maximum Gasteiger partial charge on any atom is 0.255 e. The van der Waals surface area contributed by atoms with Crippen molar-refractivity contribution in [2.24, 2.45) is 0 Å². The Kier molecular flexibility index (Phi) is 6.48. The van der Waals surface area contributed by atoms with Crippen molar-refractivity contribution in [3.05, 3.63) is 59.8 Å². The van der Waals surface area contributed by atoms with Crippen molar-refractivity contribution >= 4 is 17.7 Å². The molecule has 0 radical (unpaired) electrons. The minimum absolute atomic E-state index is 0.0456. The third-order valence-electron chi connectivity index (χ3n) is 3.89. The van der Waals surface area contributed by atoms with E-state index in [2.05, 4.69) is 44.0 Å². The Morgan fingerprint density at radius 1 is 1.17 bits per heavy atom. The van der Waals surface area contributed by atoms with E-state index in [4.69, 9.17) is 0 Å². The number of carbonyl (C=O) groups is 1. The van der Waals surface area contributed by atoms with Crippen molar-refractivity contribution in [2.45, 2.75) is 45.0 Å². The van der Waals surface area contributed by atoms with Crippen LogP contribution in [0.2, 0.25) is 0 Å². The quantitative estimate of drug-likeness (QED) is 0.766. The molecule has 0 heterocycles. The van der Waals surface area contributed by atoms with E-state index >= 15 is 0 Å². The van der Waals surface area contributed by atoms with Crippen molar-refractivity contribution in [3.8, 4) is 0 Å². The van der Waals surface area contributed by atoms with E-state index in [1.165, 1.54) is 0 Å². The summed E-state index contributed by atoms with van der Waals surface area (Å²) in [6.45, 7) is 8.88. The fourth-order valence-electron chi connectivity index (χ4n) is 2.57. The molecule has 1 N–H and O–H groups in total. The minimum atomic E-state index is -0.0456. The summed E-state index contributed by atoms with van der Waals surface area (Å²) in [5, 5.41) is 3.26. The van der Waals surface area contributed by atoms with E-state index in [-0.39, 0.29) is 11.2 Å². The summed E-state index contributed by atoms with van der Waals surface area (Å²) in [5.41, 5.74) is 1.66. The van der Waals surface area contributed by atoms with Gasteiger partial charge in [-0.1, -0.05) is 30.4 Å². The summed E-state index contributed by atoms with van der Waals surface area (Å²) in [4.78, 5) is 14.8. The van der Waals surface area contributed by atoms with Crippen LogP contribution in [0, 0.1) is 0 Å². The number of benzene rings is 1. The van der Waals surface area contributed by atoms with E-state index < -0.39 is 0 Å². The molecule has 1 unspecified atom stereocenters. The lowest BCUT2D eigenvalue weighted by Crippen LogP contribution is -2.37. The molecular formula is C19H26N2OS. The Balaban J connectivity index is 1.92. The molecule has 0 bridgehead atoms. The van der Waals surface area contributed by atoms with Gasteiger partial charge >= 0.3 is 0 Å². The molecule has 1 atom stereocenters. The molecule has 0 saturated heterocycles. The smallest absolute Gasteiger partial charge is 0.255 e. The van der Waals surface area contributed by atoms with Gasteiger partial charge < -0.3 is 5.32 Å². The van der Waals surface area contributed by atoms with Crippen molar-refractivity contribution in [2.75, 3.05) is 5.88 Å². The molecule has 1 amide bonds. The van der Waals surface area contributed by atoms with Gasteiger partial charge in [0.15, 0.2) is 0 Å². The summed E-state index contributed by atoms with van der Waals surface area (Å²) in [6.07, 6.45) is 6.16. The maximum atomic E-state index is 12.3. The third kappa shape index (κ3) is 4.98. The largest absolute Gasteiger partial charge is 0.324 e. The van der Waals surface area contributed by atoms with Crippen LogP contribution in [0.1, 0.15) is 38.1 Å². The Morgan fingerprint density at radius 2 is 1.83 bits per heavy atom. The van der Waals surface area contributed by atoms with Crippen molar-refractivity contribution in [3.63, 3.8) is 0 Å². The topological polar surface area (TPSA) is 32.3 Å². The fourth-order valence-corrected chi connectivity index (χ4v) is 4.02. The number of hydrogen-bond acceptors (Lipinski definition) is 3. The van der Waals surface area contributed by atoms with Gasteiger partial charge in [0.1, 0.15) is 0 Å². The second-order valence-corrected chi connectivity index (χ2v) is 7.34. The Hall–Kier alpha value is -1.52. The summed E-state index contributed by atoms with van der Waals surface area (Å²) in [5.74, 6) is 0.902. The zero-order valence-electron chi connectivity index (χ0n) is 14.3. The average Bonchev–Trinajstić information content (AvgIpc) is 2.95. The number of allylic oxidation sites excluding steroid dienone is 2. The number of amides is 1. The fraction of sp³-hybridized carbons (Fsp3) is 0.421. The summed E-state index contributed by atoms with van der Waals surface area (Å²) in [6, 6.07) is 10.4. The molecule has 2 rings (SSSR count). The minimum Gasteiger partial charge on any atom is -0.324 e. The van der Waals surface area contributed by atoms with Crippen LogP contribution in [0.3, 0.4) is 0 Å². The van der Waals surface area contributed by atoms with Gasteiger partial charge in [-0.25, -0.2) is 0 Å². The Labute approximate surface area is 143 Å². The highest BCUT2D eigenvalue weighted by molar-refractivity contribution is 8.00. The lowest BCUT2D eigenvalue weighted by atomic mass is 10.2. The number of nitrogens with one attached hydrogen (secondary N) is 1. The van der Waals surface area contributed by atoms with Crippen LogP contribution in [-0.4, -0.2) is 34.0 Å². The van der Waals surface area contributed by atoms with Gasteiger partial charge in [-0.3, -0.25) is 9.69 Å². The SMILES string of the molecule is CC(C)N(CSC1C=CC=C1NC(=O)c1ccccc1)C(C)C. The van der Waals surface area contributed by atoms with E-state index in [0.717, 1.165) is 11.6 Å². The van der Waals surface area contributed by atoms with E-state index in [1.54, 1.807) is 0 Å². The van der Waals surface area contributed by atoms with Crippen LogP contribution >= 0.6 is 11.8 Å². The predicted octanol–water partition coefficient (Wildman–Crippen LogP) is 4.05. The van der Waals surface area contributed by atoms with Crippen LogP contribution in [0.25, 0.3) is 0 Å². The summed E-state index contributed by atoms with van der Waals surface area (Å²) >= 11 is 1.85. The third-order valence-corrected chi connectivity index (χ3v) is 5.11. The van der Waals surface area contributed by atoms with Crippen molar-refractivity contribution in [1.29, 1.82) is 0 Å². The van der Waals surface area contributed by atoms with Crippen molar-refractivity contribution < 1.29 is 4.79 Å². The predicted molar refractivity (Wildman–Crippen MR) is 99.5 cm³/mol. The molecular weight excluding hydrogens is 304 g/mol. The van der Waals surface area contributed by atoms with Crippen LogP contribution in [0.15, 0.2) is 54.3 Å². The highest BCUT2D eigenvalue weighted by Crippen LogP contribution is 2.26. The van der Waals surface area contributed by atoms with E-state index in [1.807, 2.05) is 54.2 Å². The monoisotopic (exact) mass is 330 g/mol.